The standard InChI is InChI=1S/C18H21N3O5/c1-10(2)14-13(11(3)21-26-14)17(23)25-15(12-8-6-5-7-9-12)16(22)20-18(24)19-4/h5-10,15H,1-4H3,(H2,19,20,22,24)/t15-/m0/s1. The van der Waals surface area contributed by atoms with E-state index in [1.54, 1.807) is 37.3 Å². The Hall–Kier alpha value is -3.16. The fourth-order valence-corrected chi connectivity index (χ4v) is 2.34. The van der Waals surface area contributed by atoms with Crippen LogP contribution in [0.5, 0.6) is 0 Å². The number of nitrogens with one attached hydrogen (secondary N) is 2. The molecule has 8 heteroatoms. The Labute approximate surface area is 150 Å². The van der Waals surface area contributed by atoms with Crippen LogP contribution in [0.1, 0.15) is 53.2 Å². The van der Waals surface area contributed by atoms with Crippen LogP contribution in [0.4, 0.5) is 4.79 Å². The van der Waals surface area contributed by atoms with Crippen LogP contribution in [0, 0.1) is 6.92 Å². The van der Waals surface area contributed by atoms with E-state index >= 15 is 0 Å². The van der Waals surface area contributed by atoms with Crippen molar-refractivity contribution in [2.24, 2.45) is 0 Å². The molecule has 1 aromatic heterocycles. The number of amides is 3. The maximum Gasteiger partial charge on any atom is 0.344 e. The van der Waals surface area contributed by atoms with E-state index in [4.69, 9.17) is 9.26 Å². The normalized spacial score (nSPS) is 11.7. The summed E-state index contributed by atoms with van der Waals surface area (Å²) in [6, 6.07) is 7.73. The molecule has 2 aromatic rings. The third-order valence-electron chi connectivity index (χ3n) is 3.65. The smallest absolute Gasteiger partial charge is 0.344 e. The molecular weight excluding hydrogens is 338 g/mol. The number of hydrogen-bond acceptors (Lipinski definition) is 6. The number of aromatic nitrogens is 1. The molecule has 138 valence electrons. The summed E-state index contributed by atoms with van der Waals surface area (Å²) in [6.45, 7) is 5.32. The predicted molar refractivity (Wildman–Crippen MR) is 92.5 cm³/mol. The lowest BCUT2D eigenvalue weighted by atomic mass is 10.0. The zero-order valence-corrected chi connectivity index (χ0v) is 15.0. The molecule has 2 N–H and O–H groups in total. The number of rotatable bonds is 5. The van der Waals surface area contributed by atoms with Crippen molar-refractivity contribution in [3.63, 3.8) is 0 Å². The number of imide groups is 1. The minimum Gasteiger partial charge on any atom is -0.444 e. The number of hydrogen-bond donors (Lipinski definition) is 2. The number of aryl methyl sites for hydroxylation is 1. The van der Waals surface area contributed by atoms with Crippen LogP contribution in [0.15, 0.2) is 34.9 Å². The summed E-state index contributed by atoms with van der Waals surface area (Å²) in [7, 11) is 1.38. The van der Waals surface area contributed by atoms with Gasteiger partial charge in [0.05, 0.1) is 5.69 Å². The van der Waals surface area contributed by atoms with E-state index in [9.17, 15) is 14.4 Å². The lowest BCUT2D eigenvalue weighted by molar-refractivity contribution is -0.129. The van der Waals surface area contributed by atoms with Crippen molar-refractivity contribution in [1.29, 1.82) is 0 Å². The van der Waals surface area contributed by atoms with E-state index in [2.05, 4.69) is 15.8 Å². The zero-order valence-electron chi connectivity index (χ0n) is 15.0. The van der Waals surface area contributed by atoms with Crippen LogP contribution >= 0.6 is 0 Å². The van der Waals surface area contributed by atoms with Crippen molar-refractivity contribution in [1.82, 2.24) is 15.8 Å². The van der Waals surface area contributed by atoms with Crippen LogP contribution in [0.2, 0.25) is 0 Å². The van der Waals surface area contributed by atoms with Crippen LogP contribution in [-0.2, 0) is 9.53 Å². The van der Waals surface area contributed by atoms with E-state index in [1.165, 1.54) is 7.05 Å². The SMILES string of the molecule is CNC(=O)NC(=O)[C@@H](OC(=O)c1c(C)noc1C(C)C)c1ccccc1. The Morgan fingerprint density at radius 1 is 1.15 bits per heavy atom. The van der Waals surface area contributed by atoms with Gasteiger partial charge >= 0.3 is 12.0 Å². The Morgan fingerprint density at radius 2 is 1.81 bits per heavy atom. The highest BCUT2D eigenvalue weighted by molar-refractivity contribution is 5.99. The topological polar surface area (TPSA) is 111 Å². The summed E-state index contributed by atoms with van der Waals surface area (Å²) >= 11 is 0. The average Bonchev–Trinajstić information content (AvgIpc) is 3.01. The van der Waals surface area contributed by atoms with Gasteiger partial charge in [-0.25, -0.2) is 9.59 Å². The Kier molecular flexibility index (Phi) is 6.11. The van der Waals surface area contributed by atoms with Gasteiger partial charge in [-0.2, -0.15) is 0 Å². The average molecular weight is 359 g/mol. The second-order valence-electron chi connectivity index (χ2n) is 5.93. The van der Waals surface area contributed by atoms with Crippen molar-refractivity contribution in [3.05, 3.63) is 52.9 Å². The quantitative estimate of drug-likeness (QED) is 0.794. The summed E-state index contributed by atoms with van der Waals surface area (Å²) in [5.41, 5.74) is 0.994. The van der Waals surface area contributed by atoms with Crippen LogP contribution in [-0.4, -0.2) is 30.1 Å². The first-order valence-corrected chi connectivity index (χ1v) is 8.09. The van der Waals surface area contributed by atoms with Crippen molar-refractivity contribution in [3.8, 4) is 0 Å². The Balaban J connectivity index is 2.32. The predicted octanol–water partition coefficient (Wildman–Crippen LogP) is 2.46. The van der Waals surface area contributed by atoms with Crippen molar-refractivity contribution in [2.75, 3.05) is 7.05 Å². The number of nitrogens with zero attached hydrogens (tertiary/aromatic N) is 1. The highest BCUT2D eigenvalue weighted by Gasteiger charge is 2.31. The fraction of sp³-hybridized carbons (Fsp3) is 0.333. The highest BCUT2D eigenvalue weighted by Crippen LogP contribution is 2.26. The summed E-state index contributed by atoms with van der Waals surface area (Å²) in [5.74, 6) is -1.21. The van der Waals surface area contributed by atoms with Gasteiger partial charge in [0.15, 0.2) is 5.76 Å². The molecule has 0 aliphatic heterocycles. The van der Waals surface area contributed by atoms with Gasteiger partial charge in [0, 0.05) is 18.5 Å². The van der Waals surface area contributed by atoms with Crippen LogP contribution in [0.25, 0.3) is 0 Å². The molecule has 1 heterocycles. The van der Waals surface area contributed by atoms with Gasteiger partial charge in [-0.15, -0.1) is 0 Å². The lowest BCUT2D eigenvalue weighted by Crippen LogP contribution is -2.41. The van der Waals surface area contributed by atoms with E-state index in [0.717, 1.165) is 0 Å². The van der Waals surface area contributed by atoms with E-state index in [1.807, 2.05) is 13.8 Å². The molecule has 0 bridgehead atoms. The second-order valence-corrected chi connectivity index (χ2v) is 5.93. The molecule has 0 spiro atoms. The first-order chi connectivity index (χ1) is 12.3. The zero-order chi connectivity index (χ0) is 19.3. The minimum absolute atomic E-state index is 0.0892. The van der Waals surface area contributed by atoms with E-state index in [-0.39, 0.29) is 11.5 Å². The summed E-state index contributed by atoms with van der Waals surface area (Å²) < 4.78 is 10.6. The largest absolute Gasteiger partial charge is 0.444 e. The van der Waals surface area contributed by atoms with E-state index in [0.29, 0.717) is 17.0 Å². The third-order valence-corrected chi connectivity index (χ3v) is 3.65. The summed E-state index contributed by atoms with van der Waals surface area (Å²) in [6.07, 6.45) is -1.30. The number of urea groups is 1. The fourth-order valence-electron chi connectivity index (χ4n) is 2.34. The van der Waals surface area contributed by atoms with Crippen LogP contribution < -0.4 is 10.6 Å². The molecule has 3 amide bonds. The monoisotopic (exact) mass is 359 g/mol. The third kappa shape index (κ3) is 4.27. The second kappa shape index (κ2) is 8.28. The number of ether oxygens (including phenoxy) is 1. The molecule has 2 rings (SSSR count). The molecular formula is C18H21N3O5. The molecule has 0 fully saturated rings. The Bertz CT molecular complexity index is 798. The molecule has 8 nitrogen and oxygen atoms in total. The van der Waals surface area contributed by atoms with Crippen molar-refractivity contribution >= 4 is 17.9 Å². The maximum atomic E-state index is 12.7. The number of carbonyl (C=O) groups is 3. The van der Waals surface area contributed by atoms with Gasteiger partial charge in [-0.3, -0.25) is 10.1 Å². The summed E-state index contributed by atoms with van der Waals surface area (Å²) in [4.78, 5) is 36.6. The van der Waals surface area contributed by atoms with Gasteiger partial charge in [0.2, 0.25) is 6.10 Å². The van der Waals surface area contributed by atoms with E-state index < -0.39 is 24.0 Å². The lowest BCUT2D eigenvalue weighted by Gasteiger charge is -2.17. The molecule has 0 unspecified atom stereocenters. The molecule has 0 saturated heterocycles. The molecule has 0 aliphatic carbocycles. The number of esters is 1. The van der Waals surface area contributed by atoms with Crippen molar-refractivity contribution in [2.45, 2.75) is 32.8 Å². The molecule has 26 heavy (non-hydrogen) atoms. The van der Waals surface area contributed by atoms with Gasteiger partial charge in [0.25, 0.3) is 5.91 Å². The van der Waals surface area contributed by atoms with Gasteiger partial charge < -0.3 is 14.6 Å². The van der Waals surface area contributed by atoms with Gasteiger partial charge in [-0.05, 0) is 6.92 Å². The molecule has 0 radical (unpaired) electrons. The maximum absolute atomic E-state index is 12.7. The molecule has 0 aliphatic rings. The van der Waals surface area contributed by atoms with Gasteiger partial charge in [0.1, 0.15) is 5.56 Å². The van der Waals surface area contributed by atoms with Gasteiger partial charge in [-0.1, -0.05) is 49.3 Å². The first-order valence-electron chi connectivity index (χ1n) is 8.09. The number of benzene rings is 1. The number of carbonyl (C=O) groups excluding carboxylic acids is 3. The Morgan fingerprint density at radius 3 is 2.38 bits per heavy atom. The minimum atomic E-state index is -1.30. The molecule has 1 atom stereocenters. The van der Waals surface area contributed by atoms with Crippen LogP contribution in [0.3, 0.4) is 0 Å². The summed E-state index contributed by atoms with van der Waals surface area (Å²) in [5, 5.41) is 8.21. The molecule has 0 saturated carbocycles. The van der Waals surface area contributed by atoms with Crippen molar-refractivity contribution < 1.29 is 23.6 Å². The first kappa shape index (κ1) is 19.2. The highest BCUT2D eigenvalue weighted by atomic mass is 16.6. The molecule has 1 aromatic carbocycles.